The summed E-state index contributed by atoms with van der Waals surface area (Å²) in [5.41, 5.74) is 8.57. The quantitative estimate of drug-likeness (QED) is 0.640. The second-order valence-electron chi connectivity index (χ2n) is 3.56. The van der Waals surface area contributed by atoms with Crippen molar-refractivity contribution in [1.29, 1.82) is 0 Å². The Balaban J connectivity index is 2.75. The van der Waals surface area contributed by atoms with Crippen LogP contribution < -0.4 is 11.1 Å². The van der Waals surface area contributed by atoms with Gasteiger partial charge in [-0.1, -0.05) is 6.92 Å². The molecule has 1 atom stereocenters. The van der Waals surface area contributed by atoms with Crippen LogP contribution in [0.5, 0.6) is 0 Å². The summed E-state index contributed by atoms with van der Waals surface area (Å²) in [5, 5.41) is 12.3. The SMILES string of the molecule is CCC(CO)Nc1cc(C)cc(N)c1. The van der Waals surface area contributed by atoms with E-state index < -0.39 is 0 Å². The number of benzene rings is 1. The molecule has 0 amide bonds. The van der Waals surface area contributed by atoms with Crippen LogP contribution >= 0.6 is 0 Å². The molecule has 3 nitrogen and oxygen atoms in total. The van der Waals surface area contributed by atoms with E-state index >= 15 is 0 Å². The maximum absolute atomic E-state index is 9.03. The number of hydrogen-bond donors (Lipinski definition) is 3. The van der Waals surface area contributed by atoms with Crippen LogP contribution in [-0.2, 0) is 0 Å². The molecule has 0 radical (unpaired) electrons. The van der Waals surface area contributed by atoms with Gasteiger partial charge in [0, 0.05) is 17.4 Å². The van der Waals surface area contributed by atoms with Crippen LogP contribution in [0.1, 0.15) is 18.9 Å². The number of anilines is 2. The van der Waals surface area contributed by atoms with E-state index in [1.165, 1.54) is 0 Å². The van der Waals surface area contributed by atoms with Gasteiger partial charge in [0.1, 0.15) is 0 Å². The van der Waals surface area contributed by atoms with Crippen LogP contribution in [0.4, 0.5) is 11.4 Å². The molecule has 0 spiro atoms. The lowest BCUT2D eigenvalue weighted by Crippen LogP contribution is -2.22. The second-order valence-corrected chi connectivity index (χ2v) is 3.56. The summed E-state index contributed by atoms with van der Waals surface area (Å²) in [6.45, 7) is 4.18. The Labute approximate surface area is 84.9 Å². The number of rotatable bonds is 4. The second kappa shape index (κ2) is 4.86. The summed E-state index contributed by atoms with van der Waals surface area (Å²) in [7, 11) is 0. The Morgan fingerprint density at radius 3 is 2.64 bits per heavy atom. The predicted octanol–water partition coefficient (Wildman–Crippen LogP) is 1.76. The monoisotopic (exact) mass is 194 g/mol. The Hall–Kier alpha value is -1.22. The van der Waals surface area contributed by atoms with E-state index in [1.54, 1.807) is 0 Å². The molecule has 0 heterocycles. The van der Waals surface area contributed by atoms with Gasteiger partial charge in [-0.3, -0.25) is 0 Å². The summed E-state index contributed by atoms with van der Waals surface area (Å²) in [6, 6.07) is 5.93. The third-order valence-corrected chi connectivity index (χ3v) is 2.18. The molecule has 0 aliphatic rings. The summed E-state index contributed by atoms with van der Waals surface area (Å²) >= 11 is 0. The van der Waals surface area contributed by atoms with Gasteiger partial charge in [-0.05, 0) is 37.1 Å². The van der Waals surface area contributed by atoms with Crippen molar-refractivity contribution in [1.82, 2.24) is 0 Å². The predicted molar refractivity (Wildman–Crippen MR) is 60.4 cm³/mol. The maximum atomic E-state index is 9.03. The number of nitrogen functional groups attached to an aromatic ring is 1. The molecule has 4 N–H and O–H groups in total. The highest BCUT2D eigenvalue weighted by atomic mass is 16.3. The van der Waals surface area contributed by atoms with Crippen molar-refractivity contribution in [2.45, 2.75) is 26.3 Å². The molecule has 1 aromatic carbocycles. The highest BCUT2D eigenvalue weighted by Gasteiger charge is 2.04. The minimum absolute atomic E-state index is 0.108. The molecule has 0 aromatic heterocycles. The number of nitrogens with two attached hydrogens (primary N) is 1. The zero-order valence-corrected chi connectivity index (χ0v) is 8.75. The molecule has 3 heteroatoms. The van der Waals surface area contributed by atoms with Gasteiger partial charge in [-0.25, -0.2) is 0 Å². The minimum Gasteiger partial charge on any atom is -0.399 e. The molecule has 78 valence electrons. The van der Waals surface area contributed by atoms with Crippen LogP contribution in [0.15, 0.2) is 18.2 Å². The van der Waals surface area contributed by atoms with Crippen LogP contribution in [0.25, 0.3) is 0 Å². The van der Waals surface area contributed by atoms with E-state index in [0.717, 1.165) is 23.4 Å². The zero-order valence-electron chi connectivity index (χ0n) is 8.75. The Morgan fingerprint density at radius 1 is 1.43 bits per heavy atom. The molecule has 0 fully saturated rings. The molecule has 1 unspecified atom stereocenters. The maximum Gasteiger partial charge on any atom is 0.0632 e. The molecule has 1 rings (SSSR count). The fourth-order valence-corrected chi connectivity index (χ4v) is 1.41. The van der Waals surface area contributed by atoms with Crippen molar-refractivity contribution in [3.05, 3.63) is 23.8 Å². The van der Waals surface area contributed by atoms with Crippen LogP contribution in [0.3, 0.4) is 0 Å². The topological polar surface area (TPSA) is 58.3 Å². The van der Waals surface area contributed by atoms with Crippen molar-refractivity contribution in [2.75, 3.05) is 17.7 Å². The van der Waals surface area contributed by atoms with Crippen LogP contribution in [-0.4, -0.2) is 17.8 Å². The smallest absolute Gasteiger partial charge is 0.0632 e. The van der Waals surface area contributed by atoms with Gasteiger partial charge in [0.05, 0.1) is 6.61 Å². The van der Waals surface area contributed by atoms with Gasteiger partial charge in [0.2, 0.25) is 0 Å². The van der Waals surface area contributed by atoms with E-state index in [0.29, 0.717) is 0 Å². The summed E-state index contributed by atoms with van der Waals surface area (Å²) in [6.07, 6.45) is 0.893. The largest absolute Gasteiger partial charge is 0.399 e. The molecule has 0 saturated carbocycles. The lowest BCUT2D eigenvalue weighted by Gasteiger charge is -2.16. The Morgan fingerprint density at radius 2 is 2.14 bits per heavy atom. The zero-order chi connectivity index (χ0) is 10.6. The summed E-state index contributed by atoms with van der Waals surface area (Å²) in [4.78, 5) is 0. The Bertz CT molecular complexity index is 275. The molecular weight excluding hydrogens is 176 g/mol. The van der Waals surface area contributed by atoms with E-state index in [1.807, 2.05) is 32.0 Å². The van der Waals surface area contributed by atoms with Crippen molar-refractivity contribution >= 4 is 11.4 Å². The highest BCUT2D eigenvalue weighted by Crippen LogP contribution is 2.17. The summed E-state index contributed by atoms with van der Waals surface area (Å²) < 4.78 is 0. The van der Waals surface area contributed by atoms with Crippen molar-refractivity contribution < 1.29 is 5.11 Å². The first kappa shape index (κ1) is 10.9. The van der Waals surface area contributed by atoms with Gasteiger partial charge in [-0.2, -0.15) is 0 Å². The fraction of sp³-hybridized carbons (Fsp3) is 0.455. The first-order valence-corrected chi connectivity index (χ1v) is 4.90. The van der Waals surface area contributed by atoms with Gasteiger partial charge in [-0.15, -0.1) is 0 Å². The highest BCUT2D eigenvalue weighted by molar-refractivity contribution is 5.57. The Kier molecular flexibility index (Phi) is 3.77. The first-order valence-electron chi connectivity index (χ1n) is 4.90. The molecule has 0 bridgehead atoms. The van der Waals surface area contributed by atoms with E-state index in [-0.39, 0.29) is 12.6 Å². The number of aryl methyl sites for hydroxylation is 1. The van der Waals surface area contributed by atoms with E-state index in [2.05, 4.69) is 5.32 Å². The summed E-state index contributed by atoms with van der Waals surface area (Å²) in [5.74, 6) is 0. The van der Waals surface area contributed by atoms with E-state index in [9.17, 15) is 0 Å². The van der Waals surface area contributed by atoms with E-state index in [4.69, 9.17) is 10.8 Å². The van der Waals surface area contributed by atoms with Crippen LogP contribution in [0, 0.1) is 6.92 Å². The normalized spacial score (nSPS) is 12.5. The lowest BCUT2D eigenvalue weighted by molar-refractivity contribution is 0.272. The average Bonchev–Trinajstić information content (AvgIpc) is 2.12. The van der Waals surface area contributed by atoms with Gasteiger partial charge in [0.25, 0.3) is 0 Å². The number of nitrogens with one attached hydrogen (secondary N) is 1. The number of aliphatic hydroxyl groups is 1. The molecule has 14 heavy (non-hydrogen) atoms. The first-order chi connectivity index (χ1) is 6.65. The molecule has 1 aromatic rings. The number of aliphatic hydroxyl groups excluding tert-OH is 1. The number of hydrogen-bond acceptors (Lipinski definition) is 3. The van der Waals surface area contributed by atoms with Gasteiger partial charge < -0.3 is 16.2 Å². The van der Waals surface area contributed by atoms with Crippen molar-refractivity contribution in [3.8, 4) is 0 Å². The fourth-order valence-electron chi connectivity index (χ4n) is 1.41. The standard InChI is InChI=1S/C11H18N2O/c1-3-10(7-14)13-11-5-8(2)4-9(12)6-11/h4-6,10,13-14H,3,7,12H2,1-2H3. The van der Waals surface area contributed by atoms with Gasteiger partial charge >= 0.3 is 0 Å². The van der Waals surface area contributed by atoms with Crippen molar-refractivity contribution in [3.63, 3.8) is 0 Å². The minimum atomic E-state index is 0.108. The molecule has 0 aliphatic heterocycles. The third-order valence-electron chi connectivity index (χ3n) is 2.18. The average molecular weight is 194 g/mol. The molecule has 0 aliphatic carbocycles. The third kappa shape index (κ3) is 2.92. The van der Waals surface area contributed by atoms with Gasteiger partial charge in [0.15, 0.2) is 0 Å². The molecule has 0 saturated heterocycles. The van der Waals surface area contributed by atoms with Crippen molar-refractivity contribution in [2.24, 2.45) is 0 Å². The van der Waals surface area contributed by atoms with Crippen LogP contribution in [0.2, 0.25) is 0 Å². The lowest BCUT2D eigenvalue weighted by atomic mass is 10.1. The molecular formula is C11H18N2O.